The predicted octanol–water partition coefficient (Wildman–Crippen LogP) is 20.6. The standard InChI is InChI=1S/C86H54N8/c1-5-25-53(26-6-1)81-87-83(91-85(89-81)67-37-17-13-33-59(67)61-41-23-45-75-79(61)69-39-19-21-43-73(69)93(75)57-29-9-3-10-30-57)55-47-49-65-71(51-55)77-63-35-15-16-36-64(63)78(65)72-52-56(48-50-66(72)77)84-88-82(54-27-7-2-8-28-54)90-86(92-84)68-38-18-14-34-60(68)62-42-24-46-76-80(62)70-40-20-22-44-74(70)94(76)58-31-11-4-12-32-58/h1-52,77-78H. The van der Waals surface area contributed by atoms with Crippen molar-refractivity contribution in [2.45, 2.75) is 11.8 Å². The molecule has 2 atom stereocenters. The highest BCUT2D eigenvalue weighted by Crippen LogP contribution is 2.57. The summed E-state index contributed by atoms with van der Waals surface area (Å²) in [4.78, 5) is 32.4. The minimum absolute atomic E-state index is 0.0504. The molecule has 17 aromatic rings. The average Bonchev–Trinajstić information content (AvgIpc) is 0.965. The number of nitrogens with zero attached hydrogens (tertiary/aromatic N) is 8. The van der Waals surface area contributed by atoms with Gasteiger partial charge in [0, 0.05) is 78.1 Å². The number of aromatic nitrogens is 8. The fourth-order valence-electron chi connectivity index (χ4n) is 15.2. The molecule has 13 aromatic carbocycles. The molecular formula is C86H54N8. The van der Waals surface area contributed by atoms with Crippen LogP contribution in [0, 0.1) is 0 Å². The Hall–Kier alpha value is -12.5. The van der Waals surface area contributed by atoms with Gasteiger partial charge in [0.2, 0.25) is 0 Å². The van der Waals surface area contributed by atoms with Gasteiger partial charge < -0.3 is 9.13 Å². The monoisotopic (exact) mass is 1200 g/mol. The third-order valence-electron chi connectivity index (χ3n) is 19.2. The molecule has 0 aliphatic heterocycles. The lowest BCUT2D eigenvalue weighted by atomic mass is 9.61. The van der Waals surface area contributed by atoms with Crippen molar-refractivity contribution in [2.75, 3.05) is 0 Å². The van der Waals surface area contributed by atoms with Crippen LogP contribution in [0.25, 0.3) is 146 Å². The summed E-state index contributed by atoms with van der Waals surface area (Å²) in [6.07, 6.45) is 0. The van der Waals surface area contributed by atoms with Crippen LogP contribution in [0.15, 0.2) is 315 Å². The molecule has 3 aliphatic carbocycles. The molecule has 0 saturated carbocycles. The van der Waals surface area contributed by atoms with Crippen molar-refractivity contribution in [3.05, 3.63) is 349 Å². The third-order valence-corrected chi connectivity index (χ3v) is 19.2. The molecule has 3 aliphatic rings. The quantitative estimate of drug-likeness (QED) is 0.136. The van der Waals surface area contributed by atoms with Crippen LogP contribution < -0.4 is 0 Å². The Morgan fingerprint density at radius 1 is 0.202 bits per heavy atom. The second kappa shape index (κ2) is 21.6. The van der Waals surface area contributed by atoms with Crippen LogP contribution in [0.2, 0.25) is 0 Å². The van der Waals surface area contributed by atoms with Gasteiger partial charge in [-0.15, -0.1) is 0 Å². The van der Waals surface area contributed by atoms with Crippen molar-refractivity contribution in [1.82, 2.24) is 39.0 Å². The molecule has 0 spiro atoms. The minimum Gasteiger partial charge on any atom is -0.309 e. The van der Waals surface area contributed by atoms with E-state index in [4.69, 9.17) is 29.9 Å². The Bertz CT molecular complexity index is 5520. The zero-order valence-corrected chi connectivity index (χ0v) is 50.8. The summed E-state index contributed by atoms with van der Waals surface area (Å²) in [5.74, 6) is 3.57. The average molecular weight is 1200 g/mol. The molecule has 94 heavy (non-hydrogen) atoms. The van der Waals surface area contributed by atoms with E-state index in [1.54, 1.807) is 0 Å². The van der Waals surface area contributed by atoms with Crippen LogP contribution in [-0.4, -0.2) is 39.0 Å². The molecule has 0 N–H and O–H groups in total. The summed E-state index contributed by atoms with van der Waals surface area (Å²) in [5.41, 5.74) is 24.3. The zero-order valence-electron chi connectivity index (χ0n) is 50.8. The first-order valence-electron chi connectivity index (χ1n) is 32.0. The largest absolute Gasteiger partial charge is 0.309 e. The molecule has 4 aromatic heterocycles. The molecule has 0 fully saturated rings. The summed E-state index contributed by atoms with van der Waals surface area (Å²) >= 11 is 0. The van der Waals surface area contributed by atoms with E-state index < -0.39 is 0 Å². The molecule has 0 amide bonds. The highest BCUT2D eigenvalue weighted by atomic mass is 15.0. The zero-order chi connectivity index (χ0) is 61.8. The number of hydrogen-bond donors (Lipinski definition) is 0. The van der Waals surface area contributed by atoms with Crippen LogP contribution >= 0.6 is 0 Å². The maximum absolute atomic E-state index is 5.50. The van der Waals surface area contributed by atoms with Crippen LogP contribution in [0.5, 0.6) is 0 Å². The van der Waals surface area contributed by atoms with Crippen molar-refractivity contribution in [2.24, 2.45) is 0 Å². The van der Waals surface area contributed by atoms with Gasteiger partial charge >= 0.3 is 0 Å². The fraction of sp³-hybridized carbons (Fsp3) is 0.0233. The molecule has 8 heteroatoms. The topological polar surface area (TPSA) is 87.2 Å². The van der Waals surface area contributed by atoms with Crippen molar-refractivity contribution in [1.29, 1.82) is 0 Å². The summed E-state index contributed by atoms with van der Waals surface area (Å²) < 4.78 is 4.73. The summed E-state index contributed by atoms with van der Waals surface area (Å²) in [7, 11) is 0. The fourth-order valence-corrected chi connectivity index (χ4v) is 15.2. The van der Waals surface area contributed by atoms with Gasteiger partial charge in [-0.1, -0.05) is 255 Å². The Balaban J connectivity index is 0.736. The first-order chi connectivity index (χ1) is 46.6. The second-order valence-corrected chi connectivity index (χ2v) is 24.4. The van der Waals surface area contributed by atoms with Crippen LogP contribution in [-0.2, 0) is 0 Å². The van der Waals surface area contributed by atoms with Gasteiger partial charge in [0.1, 0.15) is 0 Å². The smallest absolute Gasteiger partial charge is 0.164 e. The molecule has 4 heterocycles. The van der Waals surface area contributed by atoms with Gasteiger partial charge in [-0.3, -0.25) is 0 Å². The van der Waals surface area contributed by atoms with E-state index in [-0.39, 0.29) is 11.8 Å². The van der Waals surface area contributed by atoms with E-state index in [1.165, 1.54) is 54.9 Å². The van der Waals surface area contributed by atoms with Gasteiger partial charge in [-0.25, -0.2) is 29.9 Å². The summed E-state index contributed by atoms with van der Waals surface area (Å²) in [6.45, 7) is 0. The summed E-state index contributed by atoms with van der Waals surface area (Å²) in [5, 5.41) is 4.71. The van der Waals surface area contributed by atoms with Crippen LogP contribution in [0.3, 0.4) is 0 Å². The highest BCUT2D eigenvalue weighted by molar-refractivity contribution is 6.18. The SMILES string of the molecule is c1ccc(-c2nc(-c3ccc4c(c3)C3c5ccccc5C4c4cc(-c5nc(-c6ccccc6)nc(-c6ccccc6-c6cccc7c6c6ccccc6n7-c6ccccc6)n5)ccc43)nc(-c3ccccc3-c3cccc4c3c3ccccc3n4-c3ccccc3)n2)cc1. The number of para-hydroxylation sites is 4. The van der Waals surface area contributed by atoms with Gasteiger partial charge in [0.05, 0.1) is 22.1 Å². The Morgan fingerprint density at radius 3 is 0.936 bits per heavy atom. The predicted molar refractivity (Wildman–Crippen MR) is 380 cm³/mol. The molecular weight excluding hydrogens is 1150 g/mol. The second-order valence-electron chi connectivity index (χ2n) is 24.4. The molecule has 2 bridgehead atoms. The summed E-state index contributed by atoms with van der Waals surface area (Å²) in [6, 6.07) is 112. The van der Waals surface area contributed by atoms with Crippen molar-refractivity contribution >= 4 is 43.6 Å². The Labute approximate surface area is 542 Å². The van der Waals surface area contributed by atoms with Crippen LogP contribution in [0.1, 0.15) is 45.2 Å². The Morgan fingerprint density at radius 2 is 0.511 bits per heavy atom. The number of hydrogen-bond acceptors (Lipinski definition) is 6. The molecule has 0 saturated heterocycles. The lowest BCUT2D eigenvalue weighted by Crippen LogP contribution is -2.27. The van der Waals surface area contributed by atoms with E-state index in [1.807, 2.05) is 36.4 Å². The normalized spacial score (nSPS) is 13.7. The maximum Gasteiger partial charge on any atom is 0.164 e. The van der Waals surface area contributed by atoms with Gasteiger partial charge in [-0.2, -0.15) is 0 Å². The van der Waals surface area contributed by atoms with E-state index >= 15 is 0 Å². The Kier molecular flexibility index (Phi) is 12.2. The first kappa shape index (κ1) is 53.3. The van der Waals surface area contributed by atoms with Gasteiger partial charge in [0.25, 0.3) is 0 Å². The molecule has 438 valence electrons. The van der Waals surface area contributed by atoms with E-state index in [2.05, 4.69) is 288 Å². The van der Waals surface area contributed by atoms with Crippen molar-refractivity contribution < 1.29 is 0 Å². The van der Waals surface area contributed by atoms with Gasteiger partial charge in [0.15, 0.2) is 34.9 Å². The van der Waals surface area contributed by atoms with Crippen molar-refractivity contribution in [3.8, 4) is 102 Å². The number of fused-ring (bicyclic) bond motifs is 6. The molecule has 2 unspecified atom stereocenters. The lowest BCUT2D eigenvalue weighted by Gasteiger charge is -2.42. The lowest BCUT2D eigenvalue weighted by molar-refractivity contribution is 0.754. The number of benzene rings is 13. The molecule has 20 rings (SSSR count). The molecule has 0 radical (unpaired) electrons. The highest BCUT2D eigenvalue weighted by Gasteiger charge is 2.42. The van der Waals surface area contributed by atoms with E-state index in [0.717, 1.165) is 89.1 Å². The minimum atomic E-state index is -0.0504. The van der Waals surface area contributed by atoms with Crippen LogP contribution in [0.4, 0.5) is 0 Å². The molecule has 8 nitrogen and oxygen atoms in total. The first-order valence-corrected chi connectivity index (χ1v) is 32.0. The third kappa shape index (κ3) is 8.46. The maximum atomic E-state index is 5.50. The van der Waals surface area contributed by atoms with Gasteiger partial charge in [-0.05, 0) is 116 Å². The van der Waals surface area contributed by atoms with E-state index in [9.17, 15) is 0 Å². The number of rotatable bonds is 10. The van der Waals surface area contributed by atoms with E-state index in [0.29, 0.717) is 34.9 Å². The van der Waals surface area contributed by atoms with Crippen molar-refractivity contribution in [3.63, 3.8) is 0 Å².